The van der Waals surface area contributed by atoms with E-state index in [1.807, 2.05) is 31.2 Å². The number of rotatable bonds is 3. The quantitative estimate of drug-likeness (QED) is 0.549. The molecule has 0 amide bonds. The molecule has 3 aromatic rings. The molecule has 2 aromatic heterocycles. The Hall–Kier alpha value is -2.65. The third-order valence-corrected chi connectivity index (χ3v) is 3.95. The van der Waals surface area contributed by atoms with Crippen LogP contribution in [0.5, 0.6) is 0 Å². The molecule has 108 valence electrons. The first kappa shape index (κ1) is 14.3. The number of thioether (sulfide) groups is 1. The lowest BCUT2D eigenvalue weighted by molar-refractivity contribution is 0.795. The molecular weight excluding hydrogens is 296 g/mol. The van der Waals surface area contributed by atoms with Crippen LogP contribution >= 0.6 is 11.8 Å². The molecule has 22 heavy (non-hydrogen) atoms. The van der Waals surface area contributed by atoms with Crippen LogP contribution in [-0.2, 0) is 0 Å². The van der Waals surface area contributed by atoms with Crippen molar-refractivity contribution in [3.8, 4) is 11.9 Å². The Morgan fingerprint density at radius 2 is 2.14 bits per heavy atom. The zero-order valence-electron chi connectivity index (χ0n) is 11.9. The van der Waals surface area contributed by atoms with Gasteiger partial charge in [0, 0.05) is 6.20 Å². The van der Waals surface area contributed by atoms with Gasteiger partial charge in [-0.05, 0) is 36.8 Å². The standard InChI is InChI=1S/C16H12N4OS/c1-11-6-8-18-14(10-11)20-15(21)12-4-2-3-5-13(12)19-16(20)22-9-7-17/h2-6,8,10H,9H2,1H3. The number of fused-ring (bicyclic) bond motifs is 1. The van der Waals surface area contributed by atoms with Crippen LogP contribution in [0.2, 0.25) is 0 Å². The van der Waals surface area contributed by atoms with E-state index in [-0.39, 0.29) is 11.3 Å². The summed E-state index contributed by atoms with van der Waals surface area (Å²) < 4.78 is 1.47. The lowest BCUT2D eigenvalue weighted by Gasteiger charge is -2.11. The molecule has 0 aliphatic heterocycles. The van der Waals surface area contributed by atoms with Crippen LogP contribution in [0.4, 0.5) is 0 Å². The Morgan fingerprint density at radius 3 is 2.91 bits per heavy atom. The van der Waals surface area contributed by atoms with Gasteiger partial charge in [0.05, 0.1) is 22.7 Å². The van der Waals surface area contributed by atoms with E-state index < -0.39 is 0 Å². The molecule has 0 saturated carbocycles. The molecular formula is C16H12N4OS. The van der Waals surface area contributed by atoms with Crippen molar-refractivity contribution in [1.29, 1.82) is 5.26 Å². The van der Waals surface area contributed by atoms with Gasteiger partial charge in [0.25, 0.3) is 5.56 Å². The molecule has 0 saturated heterocycles. The van der Waals surface area contributed by atoms with Crippen molar-refractivity contribution in [3.63, 3.8) is 0 Å². The molecule has 0 atom stereocenters. The van der Waals surface area contributed by atoms with Gasteiger partial charge in [0.15, 0.2) is 5.16 Å². The average Bonchev–Trinajstić information content (AvgIpc) is 2.53. The maximum atomic E-state index is 12.8. The van der Waals surface area contributed by atoms with Crippen molar-refractivity contribution >= 4 is 22.7 Å². The zero-order chi connectivity index (χ0) is 15.5. The van der Waals surface area contributed by atoms with Crippen LogP contribution in [0, 0.1) is 18.3 Å². The normalized spacial score (nSPS) is 10.5. The summed E-state index contributed by atoms with van der Waals surface area (Å²) in [4.78, 5) is 21.6. The Balaban J connectivity index is 2.32. The minimum absolute atomic E-state index is 0.177. The summed E-state index contributed by atoms with van der Waals surface area (Å²) in [5.74, 6) is 0.736. The summed E-state index contributed by atoms with van der Waals surface area (Å²) in [6.07, 6.45) is 1.66. The van der Waals surface area contributed by atoms with Crippen LogP contribution in [0.25, 0.3) is 16.7 Å². The van der Waals surface area contributed by atoms with Gasteiger partial charge in [0.1, 0.15) is 5.82 Å². The molecule has 1 aromatic carbocycles. The van der Waals surface area contributed by atoms with E-state index >= 15 is 0 Å². The molecule has 0 aliphatic rings. The molecule has 2 heterocycles. The van der Waals surface area contributed by atoms with Crippen LogP contribution < -0.4 is 5.56 Å². The molecule has 0 spiro atoms. The van der Waals surface area contributed by atoms with Crippen molar-refractivity contribution in [1.82, 2.24) is 14.5 Å². The summed E-state index contributed by atoms with van der Waals surface area (Å²) in [5.41, 5.74) is 1.45. The van der Waals surface area contributed by atoms with E-state index in [1.165, 1.54) is 16.3 Å². The predicted octanol–water partition coefficient (Wildman–Crippen LogP) is 2.70. The number of nitriles is 1. The highest BCUT2D eigenvalue weighted by atomic mass is 32.2. The van der Waals surface area contributed by atoms with Crippen LogP contribution in [0.3, 0.4) is 0 Å². The van der Waals surface area contributed by atoms with E-state index in [1.54, 1.807) is 18.3 Å². The molecule has 0 radical (unpaired) electrons. The topological polar surface area (TPSA) is 71.6 Å². The average molecular weight is 308 g/mol. The van der Waals surface area contributed by atoms with Crippen LogP contribution in [0.15, 0.2) is 52.5 Å². The summed E-state index contributed by atoms with van der Waals surface area (Å²) in [5, 5.41) is 9.82. The molecule has 0 N–H and O–H groups in total. The molecule has 6 heteroatoms. The lowest BCUT2D eigenvalue weighted by Crippen LogP contribution is -2.22. The molecule has 0 fully saturated rings. The highest BCUT2D eigenvalue weighted by Gasteiger charge is 2.13. The van der Waals surface area contributed by atoms with E-state index in [2.05, 4.69) is 16.0 Å². The second-order valence-electron chi connectivity index (χ2n) is 4.69. The van der Waals surface area contributed by atoms with Gasteiger partial charge >= 0.3 is 0 Å². The molecule has 3 rings (SSSR count). The Bertz CT molecular complexity index is 943. The van der Waals surface area contributed by atoms with Gasteiger partial charge in [-0.15, -0.1) is 0 Å². The SMILES string of the molecule is Cc1ccnc(-n2c(SCC#N)nc3ccccc3c2=O)c1. The van der Waals surface area contributed by atoms with E-state index in [4.69, 9.17) is 5.26 Å². The lowest BCUT2D eigenvalue weighted by atomic mass is 10.2. The largest absolute Gasteiger partial charge is 0.268 e. The first-order valence-corrected chi connectivity index (χ1v) is 7.64. The molecule has 0 bridgehead atoms. The molecule has 0 aliphatic carbocycles. The summed E-state index contributed by atoms with van der Waals surface area (Å²) in [6, 6.07) is 12.9. The fourth-order valence-electron chi connectivity index (χ4n) is 2.15. The maximum Gasteiger partial charge on any atom is 0.267 e. The fraction of sp³-hybridized carbons (Fsp3) is 0.125. The summed E-state index contributed by atoms with van der Waals surface area (Å²) in [6.45, 7) is 1.94. The van der Waals surface area contributed by atoms with Crippen LogP contribution in [0.1, 0.15) is 5.56 Å². The highest BCUT2D eigenvalue weighted by Crippen LogP contribution is 2.20. The summed E-state index contributed by atoms with van der Waals surface area (Å²) >= 11 is 1.23. The first-order chi connectivity index (χ1) is 10.7. The second kappa shape index (κ2) is 6.00. The van der Waals surface area contributed by atoms with Gasteiger partial charge in [-0.1, -0.05) is 23.9 Å². The van der Waals surface area contributed by atoms with Crippen molar-refractivity contribution < 1.29 is 0 Å². The second-order valence-corrected chi connectivity index (χ2v) is 5.63. The third-order valence-electron chi connectivity index (χ3n) is 3.14. The Kier molecular flexibility index (Phi) is 3.90. The van der Waals surface area contributed by atoms with Crippen molar-refractivity contribution in [2.75, 3.05) is 5.75 Å². The minimum atomic E-state index is -0.177. The van der Waals surface area contributed by atoms with E-state index in [0.29, 0.717) is 21.9 Å². The number of para-hydroxylation sites is 1. The van der Waals surface area contributed by atoms with E-state index in [0.717, 1.165) is 5.56 Å². The minimum Gasteiger partial charge on any atom is -0.268 e. The van der Waals surface area contributed by atoms with Crippen molar-refractivity contribution in [2.45, 2.75) is 12.1 Å². The fourth-order valence-corrected chi connectivity index (χ4v) is 2.81. The highest BCUT2D eigenvalue weighted by molar-refractivity contribution is 7.99. The van der Waals surface area contributed by atoms with E-state index in [9.17, 15) is 4.79 Å². The number of hydrogen-bond acceptors (Lipinski definition) is 5. The Labute approximate surface area is 131 Å². The predicted molar refractivity (Wildman–Crippen MR) is 86.2 cm³/mol. The number of pyridine rings is 1. The molecule has 0 unspecified atom stereocenters. The number of nitrogens with zero attached hydrogens (tertiary/aromatic N) is 4. The maximum absolute atomic E-state index is 12.8. The number of benzene rings is 1. The van der Waals surface area contributed by atoms with Gasteiger partial charge in [0.2, 0.25) is 0 Å². The number of hydrogen-bond donors (Lipinski definition) is 0. The third kappa shape index (κ3) is 2.59. The number of aromatic nitrogens is 3. The van der Waals surface area contributed by atoms with Gasteiger partial charge < -0.3 is 0 Å². The van der Waals surface area contributed by atoms with Crippen molar-refractivity contribution in [2.24, 2.45) is 0 Å². The summed E-state index contributed by atoms with van der Waals surface area (Å²) in [7, 11) is 0. The van der Waals surface area contributed by atoms with Crippen LogP contribution in [-0.4, -0.2) is 20.3 Å². The molecule has 5 nitrogen and oxygen atoms in total. The first-order valence-electron chi connectivity index (χ1n) is 6.65. The van der Waals surface area contributed by atoms with Gasteiger partial charge in [-0.25, -0.2) is 14.5 Å². The monoisotopic (exact) mass is 308 g/mol. The van der Waals surface area contributed by atoms with Gasteiger partial charge in [-0.2, -0.15) is 5.26 Å². The number of aryl methyl sites for hydroxylation is 1. The van der Waals surface area contributed by atoms with Gasteiger partial charge in [-0.3, -0.25) is 4.79 Å². The Morgan fingerprint density at radius 1 is 1.32 bits per heavy atom. The zero-order valence-corrected chi connectivity index (χ0v) is 12.7. The smallest absolute Gasteiger partial charge is 0.267 e. The van der Waals surface area contributed by atoms with Crippen molar-refractivity contribution in [3.05, 3.63) is 58.5 Å².